The van der Waals surface area contributed by atoms with Gasteiger partial charge in [-0.3, -0.25) is 4.79 Å². The molecule has 1 unspecified atom stereocenters. The molecular formula is C16H23NO2S. The Kier molecular flexibility index (Phi) is 7.41. The van der Waals surface area contributed by atoms with Gasteiger partial charge in [-0.25, -0.2) is 0 Å². The topological polar surface area (TPSA) is 49.3 Å². The quantitative estimate of drug-likeness (QED) is 0.600. The minimum absolute atomic E-state index is 0.0102. The Morgan fingerprint density at radius 1 is 1.35 bits per heavy atom. The molecule has 0 radical (unpaired) electrons. The molecule has 0 bridgehead atoms. The van der Waals surface area contributed by atoms with Gasteiger partial charge < -0.3 is 10.4 Å². The van der Waals surface area contributed by atoms with Crippen LogP contribution in [0.3, 0.4) is 0 Å². The molecule has 0 fully saturated rings. The SMILES string of the molecule is CSc1ccc(/C=C/C(=O)NC(CCO)C(C)C)cc1. The predicted molar refractivity (Wildman–Crippen MR) is 85.7 cm³/mol. The molecule has 0 aliphatic carbocycles. The second kappa shape index (κ2) is 8.82. The highest BCUT2D eigenvalue weighted by molar-refractivity contribution is 7.98. The second-order valence-electron chi connectivity index (χ2n) is 4.98. The molecule has 0 aliphatic heterocycles. The number of nitrogens with one attached hydrogen (secondary N) is 1. The number of benzene rings is 1. The zero-order valence-corrected chi connectivity index (χ0v) is 13.1. The van der Waals surface area contributed by atoms with Crippen molar-refractivity contribution in [1.29, 1.82) is 0 Å². The summed E-state index contributed by atoms with van der Waals surface area (Å²) in [5.74, 6) is 0.187. The summed E-state index contributed by atoms with van der Waals surface area (Å²) >= 11 is 1.69. The first-order valence-corrected chi connectivity index (χ1v) is 8.02. The molecule has 20 heavy (non-hydrogen) atoms. The molecule has 1 aromatic rings. The first-order chi connectivity index (χ1) is 9.56. The van der Waals surface area contributed by atoms with Crippen molar-refractivity contribution < 1.29 is 9.90 Å². The summed E-state index contributed by atoms with van der Waals surface area (Å²) in [6.07, 6.45) is 5.96. The van der Waals surface area contributed by atoms with Crippen molar-refractivity contribution in [3.8, 4) is 0 Å². The molecule has 1 aromatic carbocycles. The van der Waals surface area contributed by atoms with E-state index in [-0.39, 0.29) is 18.6 Å². The zero-order valence-electron chi connectivity index (χ0n) is 12.3. The number of hydrogen-bond acceptors (Lipinski definition) is 3. The molecule has 1 rings (SSSR count). The van der Waals surface area contributed by atoms with E-state index in [0.717, 1.165) is 5.56 Å². The Morgan fingerprint density at radius 2 is 2.00 bits per heavy atom. The summed E-state index contributed by atoms with van der Waals surface area (Å²) < 4.78 is 0. The van der Waals surface area contributed by atoms with Crippen LogP contribution in [0.4, 0.5) is 0 Å². The lowest BCUT2D eigenvalue weighted by molar-refractivity contribution is -0.117. The third kappa shape index (κ3) is 5.80. The molecule has 4 heteroatoms. The zero-order chi connectivity index (χ0) is 15.0. The van der Waals surface area contributed by atoms with Gasteiger partial charge in [-0.1, -0.05) is 26.0 Å². The van der Waals surface area contributed by atoms with Crippen LogP contribution in [0.1, 0.15) is 25.8 Å². The second-order valence-corrected chi connectivity index (χ2v) is 5.86. The monoisotopic (exact) mass is 293 g/mol. The Bertz CT molecular complexity index is 440. The molecule has 0 aliphatic rings. The minimum atomic E-state index is -0.119. The minimum Gasteiger partial charge on any atom is -0.396 e. The van der Waals surface area contributed by atoms with E-state index in [1.165, 1.54) is 4.90 Å². The average molecular weight is 293 g/mol. The summed E-state index contributed by atoms with van der Waals surface area (Å²) in [4.78, 5) is 13.0. The molecule has 0 aromatic heterocycles. The Morgan fingerprint density at radius 3 is 2.50 bits per heavy atom. The van der Waals surface area contributed by atoms with E-state index in [4.69, 9.17) is 5.11 Å². The van der Waals surface area contributed by atoms with Crippen LogP contribution in [0.25, 0.3) is 6.08 Å². The highest BCUT2D eigenvalue weighted by atomic mass is 32.2. The van der Waals surface area contributed by atoms with Gasteiger partial charge in [0, 0.05) is 23.6 Å². The number of thioether (sulfide) groups is 1. The first-order valence-electron chi connectivity index (χ1n) is 6.80. The van der Waals surface area contributed by atoms with Crippen molar-refractivity contribution in [3.63, 3.8) is 0 Å². The van der Waals surface area contributed by atoms with Crippen LogP contribution in [0, 0.1) is 5.92 Å². The van der Waals surface area contributed by atoms with E-state index >= 15 is 0 Å². The number of rotatable bonds is 7. The van der Waals surface area contributed by atoms with Crippen LogP contribution in [0.2, 0.25) is 0 Å². The number of carbonyl (C=O) groups excluding carboxylic acids is 1. The van der Waals surface area contributed by atoms with Crippen molar-refractivity contribution in [2.45, 2.75) is 31.2 Å². The van der Waals surface area contributed by atoms with Crippen LogP contribution >= 0.6 is 11.8 Å². The van der Waals surface area contributed by atoms with Crippen LogP contribution in [-0.4, -0.2) is 29.9 Å². The van der Waals surface area contributed by atoms with E-state index in [1.807, 2.05) is 44.4 Å². The third-order valence-corrected chi connectivity index (χ3v) is 3.86. The Balaban J connectivity index is 2.57. The summed E-state index contributed by atoms with van der Waals surface area (Å²) in [5, 5.41) is 11.9. The Labute approximate surface area is 125 Å². The summed E-state index contributed by atoms with van der Waals surface area (Å²) in [6, 6.07) is 8.05. The lowest BCUT2D eigenvalue weighted by Gasteiger charge is -2.20. The van der Waals surface area contributed by atoms with Gasteiger partial charge in [0.15, 0.2) is 0 Å². The highest BCUT2D eigenvalue weighted by Crippen LogP contribution is 2.15. The van der Waals surface area contributed by atoms with Crippen molar-refractivity contribution in [2.24, 2.45) is 5.92 Å². The van der Waals surface area contributed by atoms with Crippen molar-refractivity contribution in [1.82, 2.24) is 5.32 Å². The van der Waals surface area contributed by atoms with E-state index in [2.05, 4.69) is 5.32 Å². The molecule has 1 atom stereocenters. The lowest BCUT2D eigenvalue weighted by Crippen LogP contribution is -2.38. The molecule has 110 valence electrons. The van der Waals surface area contributed by atoms with Gasteiger partial charge in [0.1, 0.15) is 0 Å². The van der Waals surface area contributed by atoms with Crippen molar-refractivity contribution in [2.75, 3.05) is 12.9 Å². The van der Waals surface area contributed by atoms with Gasteiger partial charge in [-0.2, -0.15) is 0 Å². The maximum absolute atomic E-state index is 11.8. The van der Waals surface area contributed by atoms with Gasteiger partial charge in [-0.15, -0.1) is 11.8 Å². The fraction of sp³-hybridized carbons (Fsp3) is 0.438. The van der Waals surface area contributed by atoms with E-state index in [0.29, 0.717) is 12.3 Å². The van der Waals surface area contributed by atoms with Crippen LogP contribution < -0.4 is 5.32 Å². The average Bonchev–Trinajstić information content (AvgIpc) is 2.45. The normalized spacial score (nSPS) is 12.8. The fourth-order valence-electron chi connectivity index (χ4n) is 1.83. The maximum atomic E-state index is 11.8. The number of amides is 1. The van der Waals surface area contributed by atoms with Gasteiger partial charge >= 0.3 is 0 Å². The summed E-state index contributed by atoms with van der Waals surface area (Å²) in [6.45, 7) is 4.15. The van der Waals surface area contributed by atoms with Gasteiger partial charge in [0.05, 0.1) is 0 Å². The van der Waals surface area contributed by atoms with Gasteiger partial charge in [0.25, 0.3) is 0 Å². The molecular weight excluding hydrogens is 270 g/mol. The summed E-state index contributed by atoms with van der Waals surface area (Å²) in [5.41, 5.74) is 1.00. The fourth-order valence-corrected chi connectivity index (χ4v) is 2.24. The molecule has 0 saturated heterocycles. The van der Waals surface area contributed by atoms with Crippen LogP contribution in [0.15, 0.2) is 35.2 Å². The third-order valence-electron chi connectivity index (χ3n) is 3.12. The number of aliphatic hydroxyl groups excluding tert-OH is 1. The molecule has 0 heterocycles. The van der Waals surface area contributed by atoms with Gasteiger partial charge in [-0.05, 0) is 42.4 Å². The smallest absolute Gasteiger partial charge is 0.244 e. The van der Waals surface area contributed by atoms with Crippen molar-refractivity contribution >= 4 is 23.7 Å². The number of carbonyl (C=O) groups is 1. The Hall–Kier alpha value is -1.26. The number of aliphatic hydroxyl groups is 1. The summed E-state index contributed by atoms with van der Waals surface area (Å²) in [7, 11) is 0. The molecule has 0 spiro atoms. The van der Waals surface area contributed by atoms with E-state index in [1.54, 1.807) is 23.9 Å². The molecule has 1 amide bonds. The molecule has 2 N–H and O–H groups in total. The molecule has 3 nitrogen and oxygen atoms in total. The largest absolute Gasteiger partial charge is 0.396 e. The maximum Gasteiger partial charge on any atom is 0.244 e. The molecule has 0 saturated carbocycles. The number of hydrogen-bond donors (Lipinski definition) is 2. The first kappa shape index (κ1) is 16.8. The van der Waals surface area contributed by atoms with E-state index < -0.39 is 0 Å². The van der Waals surface area contributed by atoms with Crippen molar-refractivity contribution in [3.05, 3.63) is 35.9 Å². The van der Waals surface area contributed by atoms with E-state index in [9.17, 15) is 4.79 Å². The van der Waals surface area contributed by atoms with Crippen LogP contribution in [0.5, 0.6) is 0 Å². The van der Waals surface area contributed by atoms with Gasteiger partial charge in [0.2, 0.25) is 5.91 Å². The standard InChI is InChI=1S/C16H23NO2S/c1-12(2)15(10-11-18)17-16(19)9-6-13-4-7-14(20-3)8-5-13/h4-9,12,15,18H,10-11H2,1-3H3,(H,17,19)/b9-6+. The lowest BCUT2D eigenvalue weighted by atomic mass is 10.0. The highest BCUT2D eigenvalue weighted by Gasteiger charge is 2.13. The van der Waals surface area contributed by atoms with Crippen LogP contribution in [-0.2, 0) is 4.79 Å². The predicted octanol–water partition coefficient (Wildman–Crippen LogP) is 2.94.